The molecule has 1 aromatic carbocycles. The number of halogens is 3. The van der Waals surface area contributed by atoms with Gasteiger partial charge in [0.25, 0.3) is 0 Å². The van der Waals surface area contributed by atoms with Crippen molar-refractivity contribution in [3.63, 3.8) is 0 Å². The van der Waals surface area contributed by atoms with Gasteiger partial charge in [-0.15, -0.1) is 13.2 Å². The Morgan fingerprint density at radius 1 is 1.40 bits per heavy atom. The van der Waals surface area contributed by atoms with Gasteiger partial charge in [-0.05, 0) is 17.7 Å². The molecule has 1 rings (SSSR count). The second-order valence-electron chi connectivity index (χ2n) is 3.94. The number of ether oxygens (including phenoxy) is 1. The van der Waals surface area contributed by atoms with Crippen molar-refractivity contribution in [2.24, 2.45) is 0 Å². The Hall–Kier alpha value is -1.25. The molecule has 112 valence electrons. The zero-order valence-corrected chi connectivity index (χ0v) is 11.2. The van der Waals surface area contributed by atoms with Gasteiger partial charge >= 0.3 is 6.36 Å². The molecule has 2 atom stereocenters. The van der Waals surface area contributed by atoms with Crippen molar-refractivity contribution < 1.29 is 32.9 Å². The normalized spacial score (nSPS) is 14.7. The van der Waals surface area contributed by atoms with Gasteiger partial charge in [-0.3, -0.25) is 4.79 Å². The van der Waals surface area contributed by atoms with E-state index in [1.807, 2.05) is 0 Å². The second kappa shape index (κ2) is 6.96. The first kappa shape index (κ1) is 16.8. The van der Waals surface area contributed by atoms with Crippen LogP contribution in [0.5, 0.6) is 5.75 Å². The van der Waals surface area contributed by atoms with Gasteiger partial charge < -0.3 is 14.9 Å². The van der Waals surface area contributed by atoms with Crippen LogP contribution < -0.4 is 4.74 Å². The average Bonchev–Trinajstić information content (AvgIpc) is 2.33. The van der Waals surface area contributed by atoms with Crippen LogP contribution in [0.4, 0.5) is 13.2 Å². The third-order valence-corrected chi connectivity index (χ3v) is 3.17. The summed E-state index contributed by atoms with van der Waals surface area (Å²) in [7, 11) is 0. The van der Waals surface area contributed by atoms with E-state index in [-0.39, 0.29) is 16.4 Å². The van der Waals surface area contributed by atoms with Crippen LogP contribution in [-0.2, 0) is 4.79 Å². The van der Waals surface area contributed by atoms with Crippen molar-refractivity contribution in [1.29, 1.82) is 0 Å². The van der Waals surface area contributed by atoms with Crippen LogP contribution in [0.2, 0.25) is 0 Å². The lowest BCUT2D eigenvalue weighted by molar-refractivity contribution is -0.274. The quantitative estimate of drug-likeness (QED) is 0.873. The number of hydrogen-bond acceptors (Lipinski definition) is 5. The fourth-order valence-electron chi connectivity index (χ4n) is 1.41. The van der Waals surface area contributed by atoms with E-state index in [2.05, 4.69) is 4.74 Å². The molecular formula is C12H13F3O4S. The molecule has 0 spiro atoms. The number of aliphatic hydroxyl groups is 2. The maximum atomic E-state index is 12.1. The molecule has 20 heavy (non-hydrogen) atoms. The van der Waals surface area contributed by atoms with Gasteiger partial charge in [0.2, 0.25) is 0 Å². The highest BCUT2D eigenvalue weighted by atomic mass is 32.2. The predicted octanol–water partition coefficient (Wildman–Crippen LogP) is 2.26. The molecule has 1 aromatic rings. The molecule has 0 amide bonds. The minimum Gasteiger partial charge on any atom is -0.406 e. The predicted molar refractivity (Wildman–Crippen MR) is 67.2 cm³/mol. The number of hydrogen-bond donors (Lipinski definition) is 2. The monoisotopic (exact) mass is 310 g/mol. The lowest BCUT2D eigenvalue weighted by Crippen LogP contribution is -2.22. The zero-order chi connectivity index (χ0) is 15.3. The molecule has 4 nitrogen and oxygen atoms in total. The van der Waals surface area contributed by atoms with E-state index in [4.69, 9.17) is 0 Å². The van der Waals surface area contributed by atoms with Crippen molar-refractivity contribution in [2.45, 2.75) is 25.5 Å². The number of carbonyl (C=O) groups excluding carboxylic acids is 1. The summed E-state index contributed by atoms with van der Waals surface area (Å²) in [6, 6.07) is 4.69. The van der Waals surface area contributed by atoms with Gasteiger partial charge in [0.1, 0.15) is 11.9 Å². The molecule has 0 fully saturated rings. The Morgan fingerprint density at radius 3 is 2.60 bits per heavy atom. The van der Waals surface area contributed by atoms with Crippen molar-refractivity contribution in [1.82, 2.24) is 0 Å². The number of alkyl halides is 3. The van der Waals surface area contributed by atoms with Crippen LogP contribution in [0.15, 0.2) is 24.3 Å². The van der Waals surface area contributed by atoms with E-state index < -0.39 is 24.3 Å². The van der Waals surface area contributed by atoms with Gasteiger partial charge in [0.15, 0.2) is 5.12 Å². The van der Waals surface area contributed by atoms with E-state index in [0.717, 1.165) is 23.9 Å². The largest absolute Gasteiger partial charge is 0.573 e. The second-order valence-corrected chi connectivity index (χ2v) is 5.13. The molecule has 2 N–H and O–H groups in total. The summed E-state index contributed by atoms with van der Waals surface area (Å²) in [5, 5.41) is 19.2. The van der Waals surface area contributed by atoms with Crippen molar-refractivity contribution in [3.05, 3.63) is 29.8 Å². The fraction of sp³-hybridized carbons (Fsp3) is 0.417. The van der Waals surface area contributed by atoms with Gasteiger partial charge in [-0.25, -0.2) is 0 Å². The maximum absolute atomic E-state index is 12.1. The minimum absolute atomic E-state index is 0.0547. The molecule has 0 aliphatic rings. The number of rotatable bonds is 5. The minimum atomic E-state index is -4.83. The summed E-state index contributed by atoms with van der Waals surface area (Å²) in [5.41, 5.74) is 0.0726. The molecule has 0 heterocycles. The Bertz CT molecular complexity index is 464. The molecule has 0 saturated carbocycles. The van der Waals surface area contributed by atoms with E-state index in [1.165, 1.54) is 19.1 Å². The molecule has 8 heteroatoms. The first-order valence-electron chi connectivity index (χ1n) is 5.54. The highest BCUT2D eigenvalue weighted by Crippen LogP contribution is 2.27. The molecule has 0 aliphatic heterocycles. The standard InChI is InChI=1S/C12H13F3O4S/c1-7(16)20-6-10(17)11(18)8-3-2-4-9(5-8)19-12(13,14)15/h2-5,10-11,17-18H,6H2,1H3. The summed E-state index contributed by atoms with van der Waals surface area (Å²) in [4.78, 5) is 10.7. The summed E-state index contributed by atoms with van der Waals surface area (Å²) >= 11 is 0.816. The number of thioether (sulfide) groups is 1. The van der Waals surface area contributed by atoms with Crippen LogP contribution in [0.1, 0.15) is 18.6 Å². The molecule has 0 aliphatic carbocycles. The summed E-state index contributed by atoms with van der Waals surface area (Å²) in [6.07, 6.45) is -7.50. The molecule has 0 bridgehead atoms. The molecule has 0 aromatic heterocycles. The van der Waals surface area contributed by atoms with Crippen LogP contribution in [0.25, 0.3) is 0 Å². The molecule has 2 unspecified atom stereocenters. The third-order valence-electron chi connectivity index (χ3n) is 2.26. The lowest BCUT2D eigenvalue weighted by atomic mass is 10.1. The zero-order valence-electron chi connectivity index (χ0n) is 10.4. The maximum Gasteiger partial charge on any atom is 0.573 e. The van der Waals surface area contributed by atoms with Gasteiger partial charge in [-0.2, -0.15) is 0 Å². The van der Waals surface area contributed by atoms with Crippen LogP contribution in [-0.4, -0.2) is 33.5 Å². The first-order valence-corrected chi connectivity index (χ1v) is 6.53. The summed E-state index contributed by atoms with van der Waals surface area (Å²) in [6.45, 7) is 1.31. The lowest BCUT2D eigenvalue weighted by Gasteiger charge is -2.18. The van der Waals surface area contributed by atoms with E-state index >= 15 is 0 Å². The average molecular weight is 310 g/mol. The molecule has 0 saturated heterocycles. The Labute approximate surface area is 117 Å². The van der Waals surface area contributed by atoms with Crippen LogP contribution >= 0.6 is 11.8 Å². The highest BCUT2D eigenvalue weighted by molar-refractivity contribution is 8.13. The smallest absolute Gasteiger partial charge is 0.406 e. The summed E-state index contributed by atoms with van der Waals surface area (Å²) < 4.78 is 39.9. The van der Waals surface area contributed by atoms with Gasteiger partial charge in [0.05, 0.1) is 6.10 Å². The Balaban J connectivity index is 2.75. The number of benzene rings is 1. The Kier molecular flexibility index (Phi) is 5.85. The van der Waals surface area contributed by atoms with Gasteiger partial charge in [0, 0.05) is 12.7 Å². The Morgan fingerprint density at radius 2 is 2.05 bits per heavy atom. The SMILES string of the molecule is CC(=O)SCC(O)C(O)c1cccc(OC(F)(F)F)c1. The number of aliphatic hydroxyl groups excluding tert-OH is 2. The van der Waals surface area contributed by atoms with Gasteiger partial charge in [-0.1, -0.05) is 23.9 Å². The van der Waals surface area contributed by atoms with Crippen LogP contribution in [0.3, 0.4) is 0 Å². The van der Waals surface area contributed by atoms with E-state index in [0.29, 0.717) is 0 Å². The van der Waals surface area contributed by atoms with E-state index in [9.17, 15) is 28.2 Å². The third kappa shape index (κ3) is 5.81. The van der Waals surface area contributed by atoms with Crippen LogP contribution in [0, 0.1) is 0 Å². The highest BCUT2D eigenvalue weighted by Gasteiger charge is 2.31. The van der Waals surface area contributed by atoms with Crippen molar-refractivity contribution in [3.8, 4) is 5.75 Å². The van der Waals surface area contributed by atoms with Crippen molar-refractivity contribution >= 4 is 16.9 Å². The topological polar surface area (TPSA) is 66.8 Å². The molecular weight excluding hydrogens is 297 g/mol. The first-order chi connectivity index (χ1) is 9.19. The number of carbonyl (C=O) groups is 1. The van der Waals surface area contributed by atoms with Crippen molar-refractivity contribution in [2.75, 3.05) is 5.75 Å². The molecule has 0 radical (unpaired) electrons. The van der Waals surface area contributed by atoms with E-state index in [1.54, 1.807) is 0 Å². The fourth-order valence-corrected chi connectivity index (χ4v) is 2.00. The summed E-state index contributed by atoms with van der Waals surface area (Å²) in [5.74, 6) is -0.540.